The van der Waals surface area contributed by atoms with E-state index in [1.54, 1.807) is 6.20 Å². The molecule has 0 aliphatic carbocycles. The Labute approximate surface area is 119 Å². The number of aryl methyl sites for hydroxylation is 1. The summed E-state index contributed by atoms with van der Waals surface area (Å²) in [5.74, 6) is 0.178. The molecule has 0 unspecified atom stereocenters. The fourth-order valence-corrected chi connectivity index (χ4v) is 3.44. The SMILES string of the molecule is Cc1cnc(CNS(=O)(=O)CCCCNC(C)C)s1. The summed E-state index contributed by atoms with van der Waals surface area (Å²) in [6, 6.07) is 0.447. The van der Waals surface area contributed by atoms with E-state index in [-0.39, 0.29) is 5.75 Å². The van der Waals surface area contributed by atoms with Crippen LogP contribution in [-0.2, 0) is 16.6 Å². The van der Waals surface area contributed by atoms with E-state index in [0.717, 1.165) is 22.9 Å². The minimum atomic E-state index is -3.18. The molecule has 0 bridgehead atoms. The molecule has 110 valence electrons. The highest BCUT2D eigenvalue weighted by atomic mass is 32.2. The predicted octanol–water partition coefficient (Wildman–Crippen LogP) is 1.65. The van der Waals surface area contributed by atoms with Gasteiger partial charge in [0.15, 0.2) is 0 Å². The number of nitrogens with zero attached hydrogens (tertiary/aromatic N) is 1. The molecule has 0 amide bonds. The average molecular weight is 305 g/mol. The van der Waals surface area contributed by atoms with Crippen LogP contribution in [-0.4, -0.2) is 31.7 Å². The molecule has 0 atom stereocenters. The first-order valence-corrected chi connectivity index (χ1v) is 8.98. The number of unbranched alkanes of at least 4 members (excludes halogenated alkanes) is 1. The molecule has 5 nitrogen and oxygen atoms in total. The maximum Gasteiger partial charge on any atom is 0.211 e. The van der Waals surface area contributed by atoms with Crippen LogP contribution in [0.5, 0.6) is 0 Å². The molecule has 0 fully saturated rings. The van der Waals surface area contributed by atoms with Crippen molar-refractivity contribution in [3.63, 3.8) is 0 Å². The van der Waals surface area contributed by atoms with E-state index in [2.05, 4.69) is 28.9 Å². The molecule has 1 aromatic rings. The second kappa shape index (κ2) is 7.94. The van der Waals surface area contributed by atoms with Gasteiger partial charge in [-0.3, -0.25) is 0 Å². The first-order chi connectivity index (χ1) is 8.89. The molecule has 0 aliphatic heterocycles. The molecule has 1 rings (SSSR count). The maximum atomic E-state index is 11.8. The Kier molecular flexibility index (Phi) is 6.92. The summed E-state index contributed by atoms with van der Waals surface area (Å²) >= 11 is 1.52. The highest BCUT2D eigenvalue weighted by molar-refractivity contribution is 7.89. The third-order valence-electron chi connectivity index (χ3n) is 2.50. The van der Waals surface area contributed by atoms with Gasteiger partial charge in [-0.15, -0.1) is 11.3 Å². The average Bonchev–Trinajstić information content (AvgIpc) is 2.72. The van der Waals surface area contributed by atoms with Crippen LogP contribution in [0.25, 0.3) is 0 Å². The van der Waals surface area contributed by atoms with Gasteiger partial charge in [0.1, 0.15) is 5.01 Å². The number of nitrogens with one attached hydrogen (secondary N) is 2. The Morgan fingerprint density at radius 1 is 1.37 bits per heavy atom. The highest BCUT2D eigenvalue weighted by Gasteiger charge is 2.10. The van der Waals surface area contributed by atoms with Gasteiger partial charge in [0.25, 0.3) is 0 Å². The first kappa shape index (κ1) is 16.6. The Morgan fingerprint density at radius 2 is 2.11 bits per heavy atom. The minimum absolute atomic E-state index is 0.178. The summed E-state index contributed by atoms with van der Waals surface area (Å²) < 4.78 is 26.1. The lowest BCUT2D eigenvalue weighted by atomic mass is 10.3. The molecule has 0 aromatic carbocycles. The molecule has 1 aromatic heterocycles. The topological polar surface area (TPSA) is 71.1 Å². The number of aromatic nitrogens is 1. The summed E-state index contributed by atoms with van der Waals surface area (Å²) in [5, 5.41) is 4.08. The van der Waals surface area contributed by atoms with Crippen LogP contribution in [0.15, 0.2) is 6.20 Å². The normalized spacial score (nSPS) is 12.2. The molecule has 7 heteroatoms. The number of hydrogen-bond donors (Lipinski definition) is 2. The van der Waals surface area contributed by atoms with Gasteiger partial charge in [0.2, 0.25) is 10.0 Å². The molecule has 0 spiro atoms. The van der Waals surface area contributed by atoms with Crippen molar-refractivity contribution in [1.29, 1.82) is 0 Å². The van der Waals surface area contributed by atoms with Crippen molar-refractivity contribution in [2.75, 3.05) is 12.3 Å². The standard InChI is InChI=1S/C12H23N3O2S2/c1-10(2)13-6-4-5-7-19(16,17)15-9-12-14-8-11(3)18-12/h8,10,13,15H,4-7,9H2,1-3H3. The van der Waals surface area contributed by atoms with E-state index in [9.17, 15) is 8.42 Å². The first-order valence-electron chi connectivity index (χ1n) is 6.51. The van der Waals surface area contributed by atoms with Gasteiger partial charge in [0, 0.05) is 17.1 Å². The van der Waals surface area contributed by atoms with Crippen molar-refractivity contribution in [3.05, 3.63) is 16.1 Å². The van der Waals surface area contributed by atoms with Gasteiger partial charge >= 0.3 is 0 Å². The fourth-order valence-electron chi connectivity index (χ4n) is 1.53. The van der Waals surface area contributed by atoms with Crippen molar-refractivity contribution in [2.45, 2.75) is 46.2 Å². The molecular weight excluding hydrogens is 282 g/mol. The van der Waals surface area contributed by atoms with Crippen LogP contribution in [0.4, 0.5) is 0 Å². The molecule has 0 saturated carbocycles. The number of sulfonamides is 1. The van der Waals surface area contributed by atoms with Gasteiger partial charge in [-0.25, -0.2) is 18.1 Å². The second-order valence-electron chi connectivity index (χ2n) is 4.82. The second-order valence-corrected chi connectivity index (χ2v) is 8.07. The van der Waals surface area contributed by atoms with E-state index in [0.29, 0.717) is 19.0 Å². The van der Waals surface area contributed by atoms with Crippen molar-refractivity contribution < 1.29 is 8.42 Å². The Morgan fingerprint density at radius 3 is 2.68 bits per heavy atom. The van der Waals surface area contributed by atoms with Gasteiger partial charge in [0.05, 0.1) is 12.3 Å². The zero-order valence-corrected chi connectivity index (χ0v) is 13.4. The molecule has 2 N–H and O–H groups in total. The van der Waals surface area contributed by atoms with Crippen LogP contribution in [0.1, 0.15) is 36.6 Å². The van der Waals surface area contributed by atoms with Crippen molar-refractivity contribution in [3.8, 4) is 0 Å². The third-order valence-corrected chi connectivity index (χ3v) is 4.83. The fraction of sp³-hybridized carbons (Fsp3) is 0.750. The van der Waals surface area contributed by atoms with E-state index < -0.39 is 10.0 Å². The molecule has 0 saturated heterocycles. The van der Waals surface area contributed by atoms with Crippen LogP contribution < -0.4 is 10.0 Å². The van der Waals surface area contributed by atoms with Crippen molar-refractivity contribution in [1.82, 2.24) is 15.0 Å². The molecule has 0 radical (unpaired) electrons. The van der Waals surface area contributed by atoms with Crippen LogP contribution >= 0.6 is 11.3 Å². The summed E-state index contributed by atoms with van der Waals surface area (Å²) in [6.45, 7) is 7.27. The molecule has 0 aliphatic rings. The quantitative estimate of drug-likeness (QED) is 0.681. The maximum absolute atomic E-state index is 11.8. The summed E-state index contributed by atoms with van der Waals surface area (Å²) in [6.07, 6.45) is 3.30. The lowest BCUT2D eigenvalue weighted by Crippen LogP contribution is -2.27. The third kappa shape index (κ3) is 7.61. The van der Waals surface area contributed by atoms with Crippen LogP contribution in [0, 0.1) is 6.92 Å². The van der Waals surface area contributed by atoms with Crippen LogP contribution in [0.3, 0.4) is 0 Å². The van der Waals surface area contributed by atoms with Crippen LogP contribution in [0.2, 0.25) is 0 Å². The lowest BCUT2D eigenvalue weighted by Gasteiger charge is -2.08. The van der Waals surface area contributed by atoms with Gasteiger partial charge in [-0.05, 0) is 26.3 Å². The van der Waals surface area contributed by atoms with Gasteiger partial charge < -0.3 is 5.32 Å². The predicted molar refractivity (Wildman–Crippen MR) is 79.9 cm³/mol. The van der Waals surface area contributed by atoms with E-state index in [4.69, 9.17) is 0 Å². The highest BCUT2D eigenvalue weighted by Crippen LogP contribution is 2.10. The Bertz CT molecular complexity index is 469. The van der Waals surface area contributed by atoms with E-state index in [1.165, 1.54) is 11.3 Å². The largest absolute Gasteiger partial charge is 0.315 e. The van der Waals surface area contributed by atoms with Gasteiger partial charge in [-0.2, -0.15) is 0 Å². The smallest absolute Gasteiger partial charge is 0.211 e. The minimum Gasteiger partial charge on any atom is -0.315 e. The zero-order chi connectivity index (χ0) is 14.3. The number of thiazole rings is 1. The van der Waals surface area contributed by atoms with E-state index in [1.807, 2.05) is 6.92 Å². The van der Waals surface area contributed by atoms with Crippen molar-refractivity contribution >= 4 is 21.4 Å². The van der Waals surface area contributed by atoms with Crippen molar-refractivity contribution in [2.24, 2.45) is 0 Å². The summed E-state index contributed by atoms with van der Waals surface area (Å²) in [7, 11) is -3.18. The van der Waals surface area contributed by atoms with E-state index >= 15 is 0 Å². The number of rotatable bonds is 9. The molecular formula is C12H23N3O2S2. The lowest BCUT2D eigenvalue weighted by molar-refractivity contribution is 0.555. The molecule has 1 heterocycles. The Hall–Kier alpha value is -0.500. The monoisotopic (exact) mass is 305 g/mol. The Balaban J connectivity index is 2.21. The zero-order valence-electron chi connectivity index (χ0n) is 11.8. The van der Waals surface area contributed by atoms with Gasteiger partial charge in [-0.1, -0.05) is 13.8 Å². The number of hydrogen-bond acceptors (Lipinski definition) is 5. The molecule has 19 heavy (non-hydrogen) atoms. The summed E-state index contributed by atoms with van der Waals surface area (Å²) in [4.78, 5) is 5.22. The summed E-state index contributed by atoms with van der Waals surface area (Å²) in [5.41, 5.74) is 0.